The van der Waals surface area contributed by atoms with Crippen molar-refractivity contribution in [1.29, 1.82) is 0 Å². The maximum atomic E-state index is 12.6. The van der Waals surface area contributed by atoms with Gasteiger partial charge >= 0.3 is 6.18 Å². The Labute approximate surface area is 155 Å². The molecular weight excluding hydrogens is 361 g/mol. The second-order valence-electron chi connectivity index (χ2n) is 7.20. The zero-order chi connectivity index (χ0) is 19.8. The summed E-state index contributed by atoms with van der Waals surface area (Å²) in [7, 11) is 1.50. The van der Waals surface area contributed by atoms with Gasteiger partial charge in [-0.05, 0) is 30.5 Å². The number of hydrogen-bond acceptors (Lipinski definition) is 3. The van der Waals surface area contributed by atoms with Crippen LogP contribution < -0.4 is 0 Å². The topological polar surface area (TPSA) is 57.7 Å². The second-order valence-corrected chi connectivity index (χ2v) is 7.20. The Bertz CT molecular complexity index is 722. The predicted molar refractivity (Wildman–Crippen MR) is 90.1 cm³/mol. The molecule has 2 aliphatic rings. The molecule has 0 bridgehead atoms. The van der Waals surface area contributed by atoms with E-state index in [9.17, 15) is 27.6 Å². The molecule has 2 atom stereocenters. The first-order chi connectivity index (χ1) is 12.7. The number of likely N-dealkylation sites (tertiary alicyclic amines) is 1. The van der Waals surface area contributed by atoms with Gasteiger partial charge in [-0.1, -0.05) is 25.0 Å². The third-order valence-corrected chi connectivity index (χ3v) is 5.35. The van der Waals surface area contributed by atoms with Crippen LogP contribution >= 0.6 is 0 Å². The van der Waals surface area contributed by atoms with Crippen molar-refractivity contribution in [3.05, 3.63) is 35.4 Å². The molecule has 5 nitrogen and oxygen atoms in total. The maximum Gasteiger partial charge on any atom is 0.416 e. The lowest BCUT2D eigenvalue weighted by molar-refractivity contribution is -0.146. The van der Waals surface area contributed by atoms with Gasteiger partial charge < -0.3 is 4.90 Å². The first kappa shape index (κ1) is 19.4. The van der Waals surface area contributed by atoms with Gasteiger partial charge in [-0.25, -0.2) is 0 Å². The number of benzene rings is 1. The van der Waals surface area contributed by atoms with Crippen molar-refractivity contribution in [1.82, 2.24) is 9.80 Å². The smallest absolute Gasteiger partial charge is 0.340 e. The molecule has 0 spiro atoms. The standard InChI is InChI=1S/C19H21F3N2O3/c1-23(10-12-6-8-13(9-7-12)19(20,21)22)16(25)11-24-17(26)14-4-2-3-5-15(14)18(24)27/h6-9,14-15H,2-5,10-11H2,1H3/t14-,15-/m1/s1. The van der Waals surface area contributed by atoms with Gasteiger partial charge in [0.25, 0.3) is 0 Å². The Morgan fingerprint density at radius 2 is 1.59 bits per heavy atom. The number of hydrogen-bond donors (Lipinski definition) is 0. The van der Waals surface area contributed by atoms with Gasteiger partial charge in [-0.3, -0.25) is 19.3 Å². The van der Waals surface area contributed by atoms with E-state index in [1.807, 2.05) is 0 Å². The summed E-state index contributed by atoms with van der Waals surface area (Å²) in [5.74, 6) is -1.59. The zero-order valence-electron chi connectivity index (χ0n) is 15.0. The minimum atomic E-state index is -4.41. The Balaban J connectivity index is 1.61. The molecule has 2 fully saturated rings. The summed E-state index contributed by atoms with van der Waals surface area (Å²) in [6.07, 6.45) is -1.22. The number of likely N-dealkylation sites (N-methyl/N-ethyl adjacent to an activating group) is 1. The van der Waals surface area contributed by atoms with Crippen molar-refractivity contribution < 1.29 is 27.6 Å². The van der Waals surface area contributed by atoms with Crippen LogP contribution in [-0.2, 0) is 27.1 Å². The normalized spacial score (nSPS) is 22.7. The maximum absolute atomic E-state index is 12.6. The van der Waals surface area contributed by atoms with E-state index in [1.165, 1.54) is 24.1 Å². The van der Waals surface area contributed by atoms with E-state index in [4.69, 9.17) is 0 Å². The molecule has 0 radical (unpaired) electrons. The van der Waals surface area contributed by atoms with E-state index in [0.29, 0.717) is 18.4 Å². The third-order valence-electron chi connectivity index (χ3n) is 5.35. The summed E-state index contributed by atoms with van der Waals surface area (Å²) >= 11 is 0. The Morgan fingerprint density at radius 3 is 2.07 bits per heavy atom. The van der Waals surface area contributed by atoms with Crippen molar-refractivity contribution in [2.24, 2.45) is 11.8 Å². The molecule has 1 aromatic carbocycles. The van der Waals surface area contributed by atoms with E-state index in [2.05, 4.69) is 0 Å². The van der Waals surface area contributed by atoms with E-state index >= 15 is 0 Å². The van der Waals surface area contributed by atoms with Crippen LogP contribution in [0.1, 0.15) is 36.8 Å². The molecular formula is C19H21F3N2O3. The van der Waals surface area contributed by atoms with Crippen LogP contribution in [0.5, 0.6) is 0 Å². The van der Waals surface area contributed by atoms with E-state index < -0.39 is 17.6 Å². The van der Waals surface area contributed by atoms with Crippen molar-refractivity contribution in [2.75, 3.05) is 13.6 Å². The van der Waals surface area contributed by atoms with Crippen molar-refractivity contribution in [3.8, 4) is 0 Å². The SMILES string of the molecule is CN(Cc1ccc(C(F)(F)F)cc1)C(=O)CN1C(=O)[C@@H]2CCCC[C@H]2C1=O. The lowest BCUT2D eigenvalue weighted by Gasteiger charge is -2.21. The van der Waals surface area contributed by atoms with Gasteiger partial charge in [0.1, 0.15) is 6.54 Å². The molecule has 3 rings (SSSR count). The number of nitrogens with zero attached hydrogens (tertiary/aromatic N) is 2. The molecule has 1 aliphatic heterocycles. The first-order valence-corrected chi connectivity index (χ1v) is 8.94. The van der Waals surface area contributed by atoms with Crippen LogP contribution in [-0.4, -0.2) is 41.1 Å². The van der Waals surface area contributed by atoms with Crippen LogP contribution in [0.3, 0.4) is 0 Å². The Morgan fingerprint density at radius 1 is 1.07 bits per heavy atom. The number of rotatable bonds is 4. The molecule has 0 unspecified atom stereocenters. The highest BCUT2D eigenvalue weighted by Crippen LogP contribution is 2.38. The summed E-state index contributed by atoms with van der Waals surface area (Å²) in [6.45, 7) is -0.220. The van der Waals surface area contributed by atoms with Crippen LogP contribution in [0.25, 0.3) is 0 Å². The number of carbonyl (C=O) groups excluding carboxylic acids is 3. The first-order valence-electron chi connectivity index (χ1n) is 8.94. The fourth-order valence-corrected chi connectivity index (χ4v) is 3.80. The van der Waals surface area contributed by atoms with Crippen LogP contribution in [0, 0.1) is 11.8 Å². The number of imide groups is 1. The van der Waals surface area contributed by atoms with Crippen LogP contribution in [0.4, 0.5) is 13.2 Å². The number of carbonyl (C=O) groups is 3. The molecule has 8 heteroatoms. The molecule has 1 heterocycles. The molecule has 146 valence electrons. The molecule has 0 aromatic heterocycles. The van der Waals surface area contributed by atoms with Crippen LogP contribution in [0.2, 0.25) is 0 Å². The van der Waals surface area contributed by atoms with Gasteiger partial charge in [0.15, 0.2) is 0 Å². The minimum Gasteiger partial charge on any atom is -0.340 e. The Hall–Kier alpha value is -2.38. The molecule has 1 saturated carbocycles. The van der Waals surface area contributed by atoms with Gasteiger partial charge in [0, 0.05) is 13.6 Å². The average Bonchev–Trinajstić information content (AvgIpc) is 2.86. The highest BCUT2D eigenvalue weighted by atomic mass is 19.4. The summed E-state index contributed by atoms with van der Waals surface area (Å²) in [6, 6.07) is 4.55. The largest absolute Gasteiger partial charge is 0.416 e. The zero-order valence-corrected chi connectivity index (χ0v) is 15.0. The molecule has 1 aromatic rings. The van der Waals surface area contributed by atoms with Crippen LogP contribution in [0.15, 0.2) is 24.3 Å². The highest BCUT2D eigenvalue weighted by Gasteiger charge is 2.48. The van der Waals surface area contributed by atoms with E-state index in [0.717, 1.165) is 29.9 Å². The van der Waals surface area contributed by atoms with Gasteiger partial charge in [0.2, 0.25) is 17.7 Å². The molecule has 1 saturated heterocycles. The van der Waals surface area contributed by atoms with E-state index in [1.54, 1.807) is 0 Å². The summed E-state index contributed by atoms with van der Waals surface area (Å²) < 4.78 is 37.8. The lowest BCUT2D eigenvalue weighted by atomic mass is 9.81. The van der Waals surface area contributed by atoms with Crippen molar-refractivity contribution >= 4 is 17.7 Å². The molecule has 3 amide bonds. The second kappa shape index (κ2) is 7.32. The summed E-state index contributed by atoms with van der Waals surface area (Å²) in [5, 5.41) is 0. The number of amides is 3. The predicted octanol–water partition coefficient (Wildman–Crippen LogP) is 2.84. The third kappa shape index (κ3) is 3.99. The van der Waals surface area contributed by atoms with Crippen molar-refractivity contribution in [3.63, 3.8) is 0 Å². The number of halogens is 3. The Kier molecular flexibility index (Phi) is 5.26. The number of fused-ring (bicyclic) bond motifs is 1. The monoisotopic (exact) mass is 382 g/mol. The van der Waals surface area contributed by atoms with Gasteiger partial charge in [0.05, 0.1) is 17.4 Å². The quantitative estimate of drug-likeness (QED) is 0.753. The minimum absolute atomic E-state index is 0.0973. The van der Waals surface area contributed by atoms with Gasteiger partial charge in [-0.2, -0.15) is 13.2 Å². The highest BCUT2D eigenvalue weighted by molar-refractivity contribution is 6.07. The van der Waals surface area contributed by atoms with E-state index in [-0.39, 0.29) is 36.7 Å². The molecule has 27 heavy (non-hydrogen) atoms. The molecule has 0 N–H and O–H groups in total. The summed E-state index contributed by atoms with van der Waals surface area (Å²) in [4.78, 5) is 39.6. The fraction of sp³-hybridized carbons (Fsp3) is 0.526. The van der Waals surface area contributed by atoms with Gasteiger partial charge in [-0.15, -0.1) is 0 Å². The average molecular weight is 382 g/mol. The number of alkyl halides is 3. The molecule has 1 aliphatic carbocycles. The van der Waals surface area contributed by atoms with Crippen molar-refractivity contribution in [2.45, 2.75) is 38.4 Å². The summed E-state index contributed by atoms with van der Waals surface area (Å²) in [5.41, 5.74) is -0.220. The lowest BCUT2D eigenvalue weighted by Crippen LogP contribution is -2.41. The fourth-order valence-electron chi connectivity index (χ4n) is 3.80.